The number of carboxylic acid groups (broad SMARTS) is 1. The van der Waals surface area contributed by atoms with Crippen LogP contribution in [0.4, 0.5) is 0 Å². The highest BCUT2D eigenvalue weighted by molar-refractivity contribution is 9.10. The van der Waals surface area contributed by atoms with Crippen LogP contribution in [0.25, 0.3) is 0 Å². The fraction of sp³-hybridized carbons (Fsp3) is 0.462. The van der Waals surface area contributed by atoms with Gasteiger partial charge in [0.2, 0.25) is 0 Å². The number of hydrogen-bond acceptors (Lipinski definition) is 4. The van der Waals surface area contributed by atoms with Crippen molar-refractivity contribution in [2.75, 3.05) is 20.3 Å². The fourth-order valence-corrected chi connectivity index (χ4v) is 2.27. The zero-order valence-corrected chi connectivity index (χ0v) is 13.7. The molecule has 0 saturated heterocycles. The largest absolute Gasteiger partial charge is 0.486 e. The number of halogens is 2. The summed E-state index contributed by atoms with van der Waals surface area (Å²) in [5.41, 5.74) is 0.972. The molecule has 0 aromatic heterocycles. The van der Waals surface area contributed by atoms with Crippen LogP contribution in [0.3, 0.4) is 0 Å². The molecule has 0 fully saturated rings. The molecule has 1 heterocycles. The van der Waals surface area contributed by atoms with E-state index in [9.17, 15) is 4.79 Å². The minimum Gasteiger partial charge on any atom is -0.486 e. The van der Waals surface area contributed by atoms with E-state index in [-0.39, 0.29) is 12.4 Å². The van der Waals surface area contributed by atoms with Gasteiger partial charge in [-0.3, -0.25) is 9.69 Å². The first-order chi connectivity index (χ1) is 8.99. The third-order valence-corrected chi connectivity index (χ3v) is 3.89. The van der Waals surface area contributed by atoms with E-state index < -0.39 is 12.0 Å². The Morgan fingerprint density at radius 2 is 1.95 bits per heavy atom. The fourth-order valence-electron chi connectivity index (χ4n) is 1.82. The summed E-state index contributed by atoms with van der Waals surface area (Å²) in [6, 6.07) is 3.22. The van der Waals surface area contributed by atoms with Crippen LogP contribution in [0.5, 0.6) is 11.5 Å². The molecule has 0 spiro atoms. The monoisotopic (exact) mass is 365 g/mol. The van der Waals surface area contributed by atoms with Gasteiger partial charge in [0.25, 0.3) is 0 Å². The van der Waals surface area contributed by atoms with Gasteiger partial charge in [0.05, 0.1) is 0 Å². The smallest absolute Gasteiger partial charge is 0.320 e. The van der Waals surface area contributed by atoms with Crippen molar-refractivity contribution in [2.45, 2.75) is 19.5 Å². The van der Waals surface area contributed by atoms with Crippen molar-refractivity contribution in [3.63, 3.8) is 0 Å². The van der Waals surface area contributed by atoms with Crippen molar-refractivity contribution in [3.05, 3.63) is 22.2 Å². The maximum absolute atomic E-state index is 11.0. The lowest BCUT2D eigenvalue weighted by molar-refractivity contribution is -0.142. The maximum Gasteiger partial charge on any atom is 0.320 e. The van der Waals surface area contributed by atoms with Crippen molar-refractivity contribution in [1.82, 2.24) is 4.90 Å². The van der Waals surface area contributed by atoms with Gasteiger partial charge in [-0.15, -0.1) is 12.4 Å². The lowest BCUT2D eigenvalue weighted by Crippen LogP contribution is -2.35. The molecule has 5 nitrogen and oxygen atoms in total. The molecule has 1 N–H and O–H groups in total. The molecule has 0 radical (unpaired) electrons. The summed E-state index contributed by atoms with van der Waals surface area (Å²) in [4.78, 5) is 12.7. The first kappa shape index (κ1) is 17.1. The lowest BCUT2D eigenvalue weighted by atomic mass is 10.1. The molecule has 1 aromatic carbocycles. The molecule has 1 aliphatic rings. The highest BCUT2D eigenvalue weighted by atomic mass is 79.9. The number of likely N-dealkylation sites (N-methyl/N-ethyl adjacent to an activating group) is 1. The zero-order chi connectivity index (χ0) is 14.0. The van der Waals surface area contributed by atoms with Crippen LogP contribution in [-0.2, 0) is 11.3 Å². The maximum atomic E-state index is 11.0. The molecule has 112 valence electrons. The lowest BCUT2D eigenvalue weighted by Gasteiger charge is -2.24. The molecule has 1 unspecified atom stereocenters. The molecule has 1 atom stereocenters. The zero-order valence-electron chi connectivity index (χ0n) is 11.3. The average molecular weight is 367 g/mol. The van der Waals surface area contributed by atoms with Crippen LogP contribution in [0, 0.1) is 0 Å². The summed E-state index contributed by atoms with van der Waals surface area (Å²) in [5.74, 6) is 0.591. The molecule has 7 heteroatoms. The summed E-state index contributed by atoms with van der Waals surface area (Å²) >= 11 is 3.48. The molecular formula is C13H17BrClNO4. The molecule has 0 bridgehead atoms. The number of benzene rings is 1. The van der Waals surface area contributed by atoms with E-state index in [1.54, 1.807) is 18.9 Å². The second-order valence-corrected chi connectivity index (χ2v) is 5.37. The predicted octanol–water partition coefficient (Wildman–Crippen LogP) is 2.55. The third kappa shape index (κ3) is 3.77. The predicted molar refractivity (Wildman–Crippen MR) is 80.9 cm³/mol. The van der Waals surface area contributed by atoms with Crippen molar-refractivity contribution in [3.8, 4) is 11.5 Å². The Kier molecular flexibility index (Phi) is 6.10. The Morgan fingerprint density at radius 1 is 1.40 bits per heavy atom. The van der Waals surface area contributed by atoms with Crippen LogP contribution >= 0.6 is 28.3 Å². The van der Waals surface area contributed by atoms with Crippen molar-refractivity contribution < 1.29 is 19.4 Å². The number of nitrogens with zero attached hydrogens (tertiary/aromatic N) is 1. The first-order valence-corrected chi connectivity index (χ1v) is 6.79. The topological polar surface area (TPSA) is 59.0 Å². The molecule has 2 rings (SSSR count). The normalized spacial score (nSPS) is 14.6. The van der Waals surface area contributed by atoms with Gasteiger partial charge in [0, 0.05) is 11.0 Å². The molecule has 0 saturated carbocycles. The Morgan fingerprint density at radius 3 is 2.50 bits per heavy atom. The van der Waals surface area contributed by atoms with Gasteiger partial charge in [-0.2, -0.15) is 0 Å². The van der Waals surface area contributed by atoms with Gasteiger partial charge in [-0.1, -0.05) is 15.9 Å². The summed E-state index contributed by atoms with van der Waals surface area (Å²) in [5, 5.41) is 8.99. The van der Waals surface area contributed by atoms with E-state index in [4.69, 9.17) is 14.6 Å². The quantitative estimate of drug-likeness (QED) is 0.887. The van der Waals surface area contributed by atoms with E-state index in [1.807, 2.05) is 12.1 Å². The van der Waals surface area contributed by atoms with E-state index in [0.29, 0.717) is 25.5 Å². The Hall–Kier alpha value is -0.980. The van der Waals surface area contributed by atoms with Gasteiger partial charge in [0.15, 0.2) is 11.5 Å². The van der Waals surface area contributed by atoms with Gasteiger partial charge < -0.3 is 14.6 Å². The summed E-state index contributed by atoms with van der Waals surface area (Å²) in [6.45, 7) is 3.27. The number of aliphatic carboxylic acids is 1. The third-order valence-electron chi connectivity index (χ3n) is 3.15. The number of rotatable bonds is 4. The first-order valence-electron chi connectivity index (χ1n) is 6.00. The van der Waals surface area contributed by atoms with E-state index in [0.717, 1.165) is 15.8 Å². The standard InChI is InChI=1S/C13H16BrNO4.ClH/c1-8(13(16)17)15(2)7-9-5-11-12(6-10(9)14)19-4-3-18-11;/h5-6,8H,3-4,7H2,1-2H3,(H,16,17);1H. The summed E-state index contributed by atoms with van der Waals surface area (Å²) < 4.78 is 11.9. The van der Waals surface area contributed by atoms with Gasteiger partial charge >= 0.3 is 5.97 Å². The Labute approximate surface area is 132 Å². The second-order valence-electron chi connectivity index (χ2n) is 4.52. The number of hydrogen-bond donors (Lipinski definition) is 1. The van der Waals surface area contributed by atoms with Crippen LogP contribution in [0.1, 0.15) is 12.5 Å². The minimum absolute atomic E-state index is 0. The van der Waals surface area contributed by atoms with Crippen molar-refractivity contribution in [2.24, 2.45) is 0 Å². The molecule has 1 aliphatic heterocycles. The number of fused-ring (bicyclic) bond motifs is 1. The molecular weight excluding hydrogens is 350 g/mol. The van der Waals surface area contributed by atoms with E-state index in [1.165, 1.54) is 0 Å². The summed E-state index contributed by atoms with van der Waals surface area (Å²) in [6.07, 6.45) is 0. The molecule has 0 amide bonds. The summed E-state index contributed by atoms with van der Waals surface area (Å²) in [7, 11) is 1.78. The van der Waals surface area contributed by atoms with E-state index in [2.05, 4.69) is 15.9 Å². The van der Waals surface area contributed by atoms with E-state index >= 15 is 0 Å². The van der Waals surface area contributed by atoms with Crippen LogP contribution in [0.15, 0.2) is 16.6 Å². The van der Waals surface area contributed by atoms with Crippen LogP contribution < -0.4 is 9.47 Å². The molecule has 0 aliphatic carbocycles. The number of carbonyl (C=O) groups is 1. The van der Waals surface area contributed by atoms with Gasteiger partial charge in [-0.05, 0) is 31.7 Å². The van der Waals surface area contributed by atoms with Gasteiger partial charge in [0.1, 0.15) is 19.3 Å². The van der Waals surface area contributed by atoms with Crippen molar-refractivity contribution in [1.29, 1.82) is 0 Å². The Bertz CT molecular complexity index is 498. The molecule has 20 heavy (non-hydrogen) atoms. The van der Waals surface area contributed by atoms with Crippen LogP contribution in [0.2, 0.25) is 0 Å². The highest BCUT2D eigenvalue weighted by Crippen LogP contribution is 2.36. The molecule has 1 aromatic rings. The number of carboxylic acids is 1. The second kappa shape index (κ2) is 7.15. The Balaban J connectivity index is 0.00000200. The van der Waals surface area contributed by atoms with Crippen LogP contribution in [-0.4, -0.2) is 42.3 Å². The van der Waals surface area contributed by atoms with Gasteiger partial charge in [-0.25, -0.2) is 0 Å². The van der Waals surface area contributed by atoms with Crippen molar-refractivity contribution >= 4 is 34.3 Å². The highest BCUT2D eigenvalue weighted by Gasteiger charge is 2.20. The average Bonchev–Trinajstić information content (AvgIpc) is 2.38. The minimum atomic E-state index is -0.837. The SMILES string of the molecule is CC(C(=O)O)N(C)Cc1cc2c(cc1Br)OCCO2.Cl. The number of ether oxygens (including phenoxy) is 2.